The van der Waals surface area contributed by atoms with E-state index >= 15 is 0 Å². The number of halogens is 1. The highest BCUT2D eigenvalue weighted by Gasteiger charge is 2.22. The Balaban J connectivity index is 1.58. The predicted octanol–water partition coefficient (Wildman–Crippen LogP) is 4.71. The Morgan fingerprint density at radius 1 is 1.25 bits per heavy atom. The quantitative estimate of drug-likeness (QED) is 0.448. The number of piperidine rings is 1. The topological polar surface area (TPSA) is 76.3 Å². The molecule has 1 aromatic carbocycles. The molecular weight excluding hydrogens is 424 g/mol. The molecule has 0 unspecified atom stereocenters. The van der Waals surface area contributed by atoms with Crippen LogP contribution in [0.5, 0.6) is 0 Å². The van der Waals surface area contributed by atoms with E-state index < -0.39 is 0 Å². The molecule has 2 heterocycles. The summed E-state index contributed by atoms with van der Waals surface area (Å²) >= 11 is 6.18. The summed E-state index contributed by atoms with van der Waals surface area (Å²) in [7, 11) is 0. The molecule has 8 heteroatoms. The summed E-state index contributed by atoms with van der Waals surface area (Å²) in [4.78, 5) is 20.7. The predicted molar refractivity (Wildman–Crippen MR) is 129 cm³/mol. The molecule has 170 valence electrons. The van der Waals surface area contributed by atoms with Gasteiger partial charge in [-0.1, -0.05) is 23.2 Å². The number of hydrogen-bond acceptors (Lipinski definition) is 5. The van der Waals surface area contributed by atoms with Crippen molar-refractivity contribution in [2.24, 2.45) is 10.9 Å². The van der Waals surface area contributed by atoms with E-state index in [-0.39, 0.29) is 5.91 Å². The zero-order valence-electron chi connectivity index (χ0n) is 19.3. The minimum Gasteiger partial charge on any atom is -0.339 e. The molecule has 7 nitrogen and oxygen atoms in total. The zero-order chi connectivity index (χ0) is 23.1. The number of hydrogen-bond donors (Lipinski definition) is 0. The second kappa shape index (κ2) is 11.2. The Morgan fingerprint density at radius 2 is 2.00 bits per heavy atom. The van der Waals surface area contributed by atoms with Crippen molar-refractivity contribution in [3.63, 3.8) is 0 Å². The van der Waals surface area contributed by atoms with Gasteiger partial charge in [0.05, 0.1) is 6.54 Å². The van der Waals surface area contributed by atoms with Crippen LogP contribution in [-0.4, -0.2) is 49.8 Å². The van der Waals surface area contributed by atoms with Gasteiger partial charge in [-0.05, 0) is 87.4 Å². The molecule has 0 aliphatic carbocycles. The van der Waals surface area contributed by atoms with Gasteiger partial charge in [0.15, 0.2) is 5.82 Å². The van der Waals surface area contributed by atoms with Crippen LogP contribution in [0, 0.1) is 12.8 Å². The molecule has 32 heavy (non-hydrogen) atoms. The molecule has 1 amide bonds. The smallest absolute Gasteiger partial charge is 0.246 e. The van der Waals surface area contributed by atoms with Gasteiger partial charge in [0.2, 0.25) is 5.91 Å². The highest BCUT2D eigenvalue weighted by molar-refractivity contribution is 6.30. The number of allylic oxidation sites excluding steroid dienone is 1. The molecule has 3 rings (SSSR count). The molecule has 0 N–H and O–H groups in total. The van der Waals surface area contributed by atoms with Crippen LogP contribution in [0.1, 0.15) is 57.0 Å². The molecule has 0 spiro atoms. The van der Waals surface area contributed by atoms with Gasteiger partial charge in [-0.15, -0.1) is 10.2 Å². The summed E-state index contributed by atoms with van der Waals surface area (Å²) < 4.78 is 0. The van der Waals surface area contributed by atoms with Gasteiger partial charge in [0, 0.05) is 36.1 Å². The van der Waals surface area contributed by atoms with E-state index in [1.807, 2.05) is 49.2 Å². The summed E-state index contributed by atoms with van der Waals surface area (Å²) in [6.45, 7) is 9.97. The van der Waals surface area contributed by atoms with Crippen LogP contribution in [0.25, 0.3) is 6.08 Å². The average molecular weight is 455 g/mol. The number of carbonyl (C=O) groups excluding carboxylic acids is 1. The fourth-order valence-electron chi connectivity index (χ4n) is 3.75. The monoisotopic (exact) mass is 454 g/mol. The number of likely N-dealkylation sites (tertiary alicyclic amines) is 1. The largest absolute Gasteiger partial charge is 0.339 e. The molecule has 1 saturated heterocycles. The third-order valence-electron chi connectivity index (χ3n) is 5.43. The number of aryl methyl sites for hydroxylation is 1. The molecule has 0 radical (unpaired) electrons. The number of benzene rings is 1. The van der Waals surface area contributed by atoms with Crippen molar-refractivity contribution in [2.45, 2.75) is 53.5 Å². The van der Waals surface area contributed by atoms with Crippen LogP contribution in [0.4, 0.5) is 0 Å². The third kappa shape index (κ3) is 7.12. The number of nitrogens with zero attached hydrogens (tertiary/aromatic N) is 6. The van der Waals surface area contributed by atoms with E-state index in [1.54, 1.807) is 13.0 Å². The maximum absolute atomic E-state index is 12.8. The molecular formula is C24H31ClN6O. The van der Waals surface area contributed by atoms with Crippen LogP contribution < -0.4 is 0 Å². The number of tetrazole rings is 1. The molecule has 1 aliphatic heterocycles. The molecule has 0 bridgehead atoms. The molecule has 0 atom stereocenters. The van der Waals surface area contributed by atoms with E-state index in [1.165, 1.54) is 10.4 Å². The van der Waals surface area contributed by atoms with Crippen molar-refractivity contribution >= 4 is 29.3 Å². The SMILES string of the molecule is CC(C)=C/N=C(\C)CC1CCN(C(=O)/C=C/c2ccc(Cl)cc2Cn2nnc(C)n2)CC1. The van der Waals surface area contributed by atoms with Crippen molar-refractivity contribution in [2.75, 3.05) is 13.1 Å². The molecule has 1 aromatic heterocycles. The zero-order valence-corrected chi connectivity index (χ0v) is 20.0. The maximum atomic E-state index is 12.8. The highest BCUT2D eigenvalue weighted by atomic mass is 35.5. The van der Waals surface area contributed by atoms with Gasteiger partial charge in [-0.25, -0.2) is 0 Å². The van der Waals surface area contributed by atoms with Crippen molar-refractivity contribution in [3.8, 4) is 0 Å². The molecule has 1 fully saturated rings. The first-order valence-corrected chi connectivity index (χ1v) is 11.3. The third-order valence-corrected chi connectivity index (χ3v) is 5.66. The Hall–Kier alpha value is -2.80. The number of carbonyl (C=O) groups is 1. The van der Waals surface area contributed by atoms with Crippen LogP contribution in [0.15, 0.2) is 41.0 Å². The van der Waals surface area contributed by atoms with Crippen LogP contribution >= 0.6 is 11.6 Å². The Kier molecular flexibility index (Phi) is 8.33. The minimum absolute atomic E-state index is 0.0361. The van der Waals surface area contributed by atoms with Gasteiger partial charge in [0.25, 0.3) is 0 Å². The fourth-order valence-corrected chi connectivity index (χ4v) is 3.95. The maximum Gasteiger partial charge on any atom is 0.246 e. The van der Waals surface area contributed by atoms with Gasteiger partial charge in [0.1, 0.15) is 0 Å². The van der Waals surface area contributed by atoms with Crippen molar-refractivity contribution in [1.82, 2.24) is 25.1 Å². The second-order valence-corrected chi connectivity index (χ2v) is 9.02. The van der Waals surface area contributed by atoms with Crippen molar-refractivity contribution < 1.29 is 4.79 Å². The lowest BCUT2D eigenvalue weighted by molar-refractivity contribution is -0.127. The standard InChI is InChI=1S/C24H31ClN6O/c1-17(2)15-26-18(3)13-20-9-11-30(12-10-20)24(32)8-6-21-5-7-23(25)14-22(21)16-31-28-19(4)27-29-31/h5-8,14-15,20H,9-13,16H2,1-4H3/b8-6+,26-18+. The summed E-state index contributed by atoms with van der Waals surface area (Å²) in [6, 6.07) is 5.60. The second-order valence-electron chi connectivity index (χ2n) is 8.59. The van der Waals surface area contributed by atoms with Crippen LogP contribution in [-0.2, 0) is 11.3 Å². The Bertz CT molecular complexity index is 1030. The summed E-state index contributed by atoms with van der Waals surface area (Å²) in [5.74, 6) is 1.23. The van der Waals surface area contributed by atoms with Crippen LogP contribution in [0.2, 0.25) is 5.02 Å². The lowest BCUT2D eigenvalue weighted by Gasteiger charge is -2.31. The van der Waals surface area contributed by atoms with E-state index in [0.717, 1.165) is 49.2 Å². The summed E-state index contributed by atoms with van der Waals surface area (Å²) in [5.41, 5.74) is 4.21. The first-order valence-electron chi connectivity index (χ1n) is 11.0. The lowest BCUT2D eigenvalue weighted by Crippen LogP contribution is -2.37. The van der Waals surface area contributed by atoms with Crippen molar-refractivity contribution in [3.05, 3.63) is 58.0 Å². The van der Waals surface area contributed by atoms with Gasteiger partial charge < -0.3 is 4.90 Å². The first-order chi connectivity index (χ1) is 15.3. The Morgan fingerprint density at radius 3 is 2.66 bits per heavy atom. The van der Waals surface area contributed by atoms with Crippen LogP contribution in [0.3, 0.4) is 0 Å². The van der Waals surface area contributed by atoms with Gasteiger partial charge in [-0.3, -0.25) is 9.79 Å². The molecule has 2 aromatic rings. The van der Waals surface area contributed by atoms with Gasteiger partial charge in [-0.2, -0.15) is 4.80 Å². The van der Waals surface area contributed by atoms with E-state index in [0.29, 0.717) is 23.3 Å². The average Bonchev–Trinajstić information content (AvgIpc) is 3.16. The minimum atomic E-state index is 0.0361. The van der Waals surface area contributed by atoms with E-state index in [9.17, 15) is 4.79 Å². The highest BCUT2D eigenvalue weighted by Crippen LogP contribution is 2.22. The van der Waals surface area contributed by atoms with E-state index in [4.69, 9.17) is 11.6 Å². The van der Waals surface area contributed by atoms with Crippen molar-refractivity contribution in [1.29, 1.82) is 0 Å². The number of rotatable bonds is 7. The lowest BCUT2D eigenvalue weighted by atomic mass is 9.91. The first kappa shape index (κ1) is 23.9. The van der Waals surface area contributed by atoms with E-state index in [2.05, 4.69) is 27.3 Å². The Labute approximate surface area is 194 Å². The molecule has 1 aliphatic rings. The number of aromatic nitrogens is 4. The fraction of sp³-hybridized carbons (Fsp3) is 0.458. The molecule has 0 saturated carbocycles. The number of aliphatic imine (C=N–C) groups is 1. The van der Waals surface area contributed by atoms with Gasteiger partial charge >= 0.3 is 0 Å². The summed E-state index contributed by atoms with van der Waals surface area (Å²) in [5, 5.41) is 12.8. The summed E-state index contributed by atoms with van der Waals surface area (Å²) in [6.07, 6.45) is 8.42. The number of amides is 1. The normalized spacial score (nSPS) is 15.4.